The molecule has 1 atom stereocenters. The van der Waals surface area contributed by atoms with Crippen LogP contribution in [-0.2, 0) is 6.42 Å². The summed E-state index contributed by atoms with van der Waals surface area (Å²) in [6, 6.07) is 14.7. The highest BCUT2D eigenvalue weighted by atomic mass is 35.5. The third-order valence-electron chi connectivity index (χ3n) is 5.89. The summed E-state index contributed by atoms with van der Waals surface area (Å²) in [6.07, 6.45) is 3.54. The summed E-state index contributed by atoms with van der Waals surface area (Å²) in [5.74, 6) is 2.23. The number of fused-ring (bicyclic) bond motifs is 1. The van der Waals surface area contributed by atoms with Gasteiger partial charge in [0.05, 0.1) is 7.11 Å². The topological polar surface area (TPSA) is 24.5 Å². The molecule has 0 bridgehead atoms. The molecule has 0 radical (unpaired) electrons. The minimum atomic E-state index is 0.621. The smallest absolute Gasteiger partial charge is 0.119 e. The maximum Gasteiger partial charge on any atom is 0.119 e. The van der Waals surface area contributed by atoms with Gasteiger partial charge in [0.25, 0.3) is 0 Å². The second-order valence-corrected chi connectivity index (χ2v) is 7.98. The maximum atomic E-state index is 6.39. The van der Waals surface area contributed by atoms with E-state index in [1.807, 2.05) is 12.1 Å². The number of hydrogen-bond acceptors (Lipinski definition) is 3. The van der Waals surface area contributed by atoms with Gasteiger partial charge in [-0.3, -0.25) is 0 Å². The summed E-state index contributed by atoms with van der Waals surface area (Å²) in [7, 11) is 1.71. The lowest BCUT2D eigenvalue weighted by Gasteiger charge is -2.33. The number of benzene rings is 2. The molecule has 1 unspecified atom stereocenters. The van der Waals surface area contributed by atoms with Crippen molar-refractivity contribution in [3.63, 3.8) is 0 Å². The number of halogens is 1. The Hall–Kier alpha value is -1.71. The monoisotopic (exact) mass is 370 g/mol. The van der Waals surface area contributed by atoms with Crippen LogP contribution in [0.2, 0.25) is 5.02 Å². The second-order valence-electron chi connectivity index (χ2n) is 7.57. The van der Waals surface area contributed by atoms with Crippen LogP contribution in [0.1, 0.15) is 29.9 Å². The summed E-state index contributed by atoms with van der Waals surface area (Å²) in [4.78, 5) is 2.64. The van der Waals surface area contributed by atoms with Crippen molar-refractivity contribution in [1.29, 1.82) is 0 Å². The minimum absolute atomic E-state index is 0.621. The Balaban J connectivity index is 1.31. The zero-order valence-corrected chi connectivity index (χ0v) is 16.1. The molecule has 3 nitrogen and oxygen atoms in total. The molecule has 0 aliphatic carbocycles. The Labute approximate surface area is 161 Å². The maximum absolute atomic E-state index is 6.39. The molecule has 4 rings (SSSR count). The molecule has 2 heterocycles. The van der Waals surface area contributed by atoms with E-state index in [0.717, 1.165) is 30.3 Å². The Morgan fingerprint density at radius 1 is 1.15 bits per heavy atom. The van der Waals surface area contributed by atoms with E-state index in [9.17, 15) is 0 Å². The third kappa shape index (κ3) is 3.84. The van der Waals surface area contributed by atoms with Crippen molar-refractivity contribution in [1.82, 2.24) is 4.90 Å². The first-order valence-electron chi connectivity index (χ1n) is 9.60. The molecular weight excluding hydrogens is 344 g/mol. The molecule has 0 spiro atoms. The van der Waals surface area contributed by atoms with Gasteiger partial charge in [-0.1, -0.05) is 29.8 Å². The van der Waals surface area contributed by atoms with Crippen LogP contribution in [0.25, 0.3) is 0 Å². The molecule has 4 heteroatoms. The standard InChI is InChI=1S/C22H27ClN2O/c1-26-19-6-7-21(23)17(13-19)12-16-8-10-25(11-9-16)15-18-14-24-22-5-3-2-4-20(18)22/h2-7,13,16,18,24H,8-12,14-15H2,1H3. The van der Waals surface area contributed by atoms with Crippen molar-refractivity contribution in [2.45, 2.75) is 25.2 Å². The normalized spacial score (nSPS) is 20.6. The molecule has 2 aromatic carbocycles. The van der Waals surface area contributed by atoms with Crippen LogP contribution in [0.4, 0.5) is 5.69 Å². The first-order valence-corrected chi connectivity index (χ1v) is 9.98. The first kappa shape index (κ1) is 17.7. The van der Waals surface area contributed by atoms with Gasteiger partial charge in [-0.2, -0.15) is 0 Å². The quantitative estimate of drug-likeness (QED) is 0.817. The number of para-hydroxylation sites is 1. The lowest BCUT2D eigenvalue weighted by atomic mass is 9.89. The van der Waals surface area contributed by atoms with Crippen LogP contribution in [0.15, 0.2) is 42.5 Å². The van der Waals surface area contributed by atoms with Gasteiger partial charge in [0.2, 0.25) is 0 Å². The van der Waals surface area contributed by atoms with Gasteiger partial charge in [-0.15, -0.1) is 0 Å². The van der Waals surface area contributed by atoms with Gasteiger partial charge in [-0.25, -0.2) is 0 Å². The molecule has 0 aromatic heterocycles. The Bertz CT molecular complexity index is 756. The van der Waals surface area contributed by atoms with E-state index in [1.165, 1.54) is 42.7 Å². The summed E-state index contributed by atoms with van der Waals surface area (Å²) in [6.45, 7) is 4.60. The van der Waals surface area contributed by atoms with E-state index >= 15 is 0 Å². The van der Waals surface area contributed by atoms with Gasteiger partial charge < -0.3 is 15.0 Å². The highest BCUT2D eigenvalue weighted by Gasteiger charge is 2.26. The predicted octanol–water partition coefficient (Wildman–Crippen LogP) is 4.81. The number of nitrogens with one attached hydrogen (secondary N) is 1. The largest absolute Gasteiger partial charge is 0.497 e. The third-order valence-corrected chi connectivity index (χ3v) is 6.26. The van der Waals surface area contributed by atoms with Crippen molar-refractivity contribution >= 4 is 17.3 Å². The minimum Gasteiger partial charge on any atom is -0.497 e. The van der Waals surface area contributed by atoms with Crippen LogP contribution in [0, 0.1) is 5.92 Å². The lowest BCUT2D eigenvalue weighted by Crippen LogP contribution is -2.37. The van der Waals surface area contributed by atoms with E-state index in [1.54, 1.807) is 7.11 Å². The van der Waals surface area contributed by atoms with E-state index in [-0.39, 0.29) is 0 Å². The predicted molar refractivity (Wildman–Crippen MR) is 109 cm³/mol. The van der Waals surface area contributed by atoms with Crippen LogP contribution >= 0.6 is 11.6 Å². The van der Waals surface area contributed by atoms with Gasteiger partial charge >= 0.3 is 0 Å². The van der Waals surface area contributed by atoms with Crippen molar-refractivity contribution in [3.05, 3.63) is 58.6 Å². The van der Waals surface area contributed by atoms with Crippen LogP contribution in [-0.4, -0.2) is 38.2 Å². The number of rotatable bonds is 5. The molecule has 2 aromatic rings. The number of anilines is 1. The lowest BCUT2D eigenvalue weighted by molar-refractivity contribution is 0.177. The average molecular weight is 371 g/mol. The fraction of sp³-hybridized carbons (Fsp3) is 0.455. The number of methoxy groups -OCH3 is 1. The van der Waals surface area contributed by atoms with E-state index < -0.39 is 0 Å². The van der Waals surface area contributed by atoms with E-state index in [4.69, 9.17) is 16.3 Å². The van der Waals surface area contributed by atoms with Crippen molar-refractivity contribution < 1.29 is 4.74 Å². The van der Waals surface area contributed by atoms with Gasteiger partial charge in [0, 0.05) is 29.7 Å². The number of hydrogen-bond donors (Lipinski definition) is 1. The van der Waals surface area contributed by atoms with E-state index in [0.29, 0.717) is 11.8 Å². The molecule has 138 valence electrons. The highest BCUT2D eigenvalue weighted by Crippen LogP contribution is 2.33. The van der Waals surface area contributed by atoms with Crippen molar-refractivity contribution in [2.24, 2.45) is 5.92 Å². The molecular formula is C22H27ClN2O. The van der Waals surface area contributed by atoms with Gasteiger partial charge in [0.1, 0.15) is 5.75 Å². The van der Waals surface area contributed by atoms with Gasteiger partial charge in [0.15, 0.2) is 0 Å². The summed E-state index contributed by atoms with van der Waals surface area (Å²) >= 11 is 6.39. The molecule has 2 aliphatic heterocycles. The number of ether oxygens (including phenoxy) is 1. The summed E-state index contributed by atoms with van der Waals surface area (Å²) < 4.78 is 5.35. The number of likely N-dealkylation sites (tertiary alicyclic amines) is 1. The van der Waals surface area contributed by atoms with Gasteiger partial charge in [-0.05, 0) is 73.7 Å². The molecule has 26 heavy (non-hydrogen) atoms. The first-order chi connectivity index (χ1) is 12.7. The molecule has 2 aliphatic rings. The average Bonchev–Trinajstić information content (AvgIpc) is 3.08. The van der Waals surface area contributed by atoms with Crippen molar-refractivity contribution in [3.8, 4) is 5.75 Å². The zero-order chi connectivity index (χ0) is 17.9. The van der Waals surface area contributed by atoms with Crippen LogP contribution in [0.3, 0.4) is 0 Å². The van der Waals surface area contributed by atoms with Crippen molar-refractivity contribution in [2.75, 3.05) is 38.6 Å². The summed E-state index contributed by atoms with van der Waals surface area (Å²) in [5, 5.41) is 4.41. The fourth-order valence-corrected chi connectivity index (χ4v) is 4.55. The zero-order valence-electron chi connectivity index (χ0n) is 15.4. The highest BCUT2D eigenvalue weighted by molar-refractivity contribution is 6.31. The van der Waals surface area contributed by atoms with E-state index in [2.05, 4.69) is 40.5 Å². The number of nitrogens with zero attached hydrogens (tertiary/aromatic N) is 1. The Morgan fingerprint density at radius 2 is 1.96 bits per heavy atom. The molecule has 0 saturated carbocycles. The van der Waals surface area contributed by atoms with Crippen LogP contribution in [0.5, 0.6) is 5.75 Å². The molecule has 1 fully saturated rings. The molecule has 1 saturated heterocycles. The molecule has 1 N–H and O–H groups in total. The molecule has 0 amide bonds. The fourth-order valence-electron chi connectivity index (χ4n) is 4.35. The summed E-state index contributed by atoms with van der Waals surface area (Å²) in [5.41, 5.74) is 4.02. The Kier molecular flexibility index (Phi) is 5.37. The Morgan fingerprint density at radius 3 is 2.77 bits per heavy atom. The number of piperidine rings is 1. The second kappa shape index (κ2) is 7.89. The van der Waals surface area contributed by atoms with Crippen LogP contribution < -0.4 is 10.1 Å². The SMILES string of the molecule is COc1ccc(Cl)c(CC2CCN(CC3CNc4ccccc43)CC2)c1.